The second kappa shape index (κ2) is 8.41. The lowest BCUT2D eigenvalue weighted by Gasteiger charge is -2.29. The zero-order valence-electron chi connectivity index (χ0n) is 14.9. The number of thiocarbonyl (C=S) groups is 1. The maximum Gasteiger partial charge on any atom is 0.337 e. The third-order valence-corrected chi connectivity index (χ3v) is 4.68. The largest absolute Gasteiger partial charge is 0.489 e. The van der Waals surface area contributed by atoms with E-state index in [-0.39, 0.29) is 6.04 Å². The predicted molar refractivity (Wildman–Crippen MR) is 109 cm³/mol. The van der Waals surface area contributed by atoms with Crippen molar-refractivity contribution in [3.63, 3.8) is 0 Å². The van der Waals surface area contributed by atoms with Gasteiger partial charge in [-0.2, -0.15) is 0 Å². The van der Waals surface area contributed by atoms with E-state index in [0.29, 0.717) is 28.0 Å². The second-order valence-corrected chi connectivity index (χ2v) is 6.89. The molecular weight excluding hydrogens is 384 g/mol. The molecule has 140 valence electrons. The van der Waals surface area contributed by atoms with Crippen LogP contribution in [0.2, 0.25) is 5.02 Å². The first-order valence-electron chi connectivity index (χ1n) is 8.31. The lowest BCUT2D eigenvalue weighted by atomic mass is 9.95. The van der Waals surface area contributed by atoms with Gasteiger partial charge in [-0.05, 0) is 54.5 Å². The predicted octanol–water partition coefficient (Wildman–Crippen LogP) is 3.88. The highest BCUT2D eigenvalue weighted by Crippen LogP contribution is 2.29. The topological polar surface area (TPSA) is 59.6 Å². The highest BCUT2D eigenvalue weighted by Gasteiger charge is 2.30. The summed E-state index contributed by atoms with van der Waals surface area (Å²) in [5.41, 5.74) is 3.09. The van der Waals surface area contributed by atoms with Gasteiger partial charge in [-0.3, -0.25) is 0 Å². The van der Waals surface area contributed by atoms with E-state index in [2.05, 4.69) is 10.6 Å². The number of hydrogen-bond donors (Lipinski definition) is 2. The first-order chi connectivity index (χ1) is 13.0. The van der Waals surface area contributed by atoms with Crippen molar-refractivity contribution in [2.24, 2.45) is 0 Å². The van der Waals surface area contributed by atoms with E-state index in [4.69, 9.17) is 33.3 Å². The summed E-state index contributed by atoms with van der Waals surface area (Å²) >= 11 is 11.1. The van der Waals surface area contributed by atoms with Crippen LogP contribution in [0.4, 0.5) is 0 Å². The van der Waals surface area contributed by atoms with E-state index in [9.17, 15) is 4.79 Å². The number of carbonyl (C=O) groups excluding carboxylic acids is 1. The van der Waals surface area contributed by atoms with Gasteiger partial charge in [0, 0.05) is 10.7 Å². The van der Waals surface area contributed by atoms with Crippen LogP contribution in [-0.2, 0) is 16.1 Å². The van der Waals surface area contributed by atoms with Crippen LogP contribution in [0.5, 0.6) is 5.75 Å². The summed E-state index contributed by atoms with van der Waals surface area (Å²) in [4.78, 5) is 12.2. The Balaban J connectivity index is 1.75. The lowest BCUT2D eigenvalue weighted by Crippen LogP contribution is -2.45. The highest BCUT2D eigenvalue weighted by molar-refractivity contribution is 7.80. The fraction of sp³-hybridized carbons (Fsp3) is 0.200. The molecule has 0 fully saturated rings. The Hall–Kier alpha value is -2.57. The zero-order chi connectivity index (χ0) is 19.4. The summed E-state index contributed by atoms with van der Waals surface area (Å²) in [5, 5.41) is 7.24. The maximum absolute atomic E-state index is 12.2. The third-order valence-electron chi connectivity index (χ3n) is 4.21. The van der Waals surface area contributed by atoms with Gasteiger partial charge in [-0.25, -0.2) is 4.79 Å². The van der Waals surface area contributed by atoms with Gasteiger partial charge in [0.25, 0.3) is 0 Å². The molecule has 2 N–H and O–H groups in total. The van der Waals surface area contributed by atoms with E-state index in [1.807, 2.05) is 48.5 Å². The summed E-state index contributed by atoms with van der Waals surface area (Å²) < 4.78 is 10.7. The van der Waals surface area contributed by atoms with Crippen LogP contribution in [-0.4, -0.2) is 18.2 Å². The van der Waals surface area contributed by atoms with E-state index >= 15 is 0 Å². The third kappa shape index (κ3) is 4.59. The Morgan fingerprint density at radius 1 is 1.15 bits per heavy atom. The Labute approximate surface area is 168 Å². The van der Waals surface area contributed by atoms with Gasteiger partial charge in [0.2, 0.25) is 0 Å². The molecule has 0 saturated carbocycles. The molecule has 0 saturated heterocycles. The van der Waals surface area contributed by atoms with Gasteiger partial charge in [0.05, 0.1) is 18.7 Å². The first-order valence-corrected chi connectivity index (χ1v) is 9.10. The smallest absolute Gasteiger partial charge is 0.337 e. The molecule has 2 aromatic carbocycles. The van der Waals surface area contributed by atoms with Crippen LogP contribution in [0, 0.1) is 0 Å². The number of nitrogens with one attached hydrogen (secondary N) is 2. The van der Waals surface area contributed by atoms with E-state index in [0.717, 1.165) is 16.9 Å². The fourth-order valence-electron chi connectivity index (χ4n) is 2.83. The van der Waals surface area contributed by atoms with E-state index in [1.165, 1.54) is 7.11 Å². The van der Waals surface area contributed by atoms with E-state index < -0.39 is 5.97 Å². The van der Waals surface area contributed by atoms with Crippen LogP contribution in [0.15, 0.2) is 59.8 Å². The number of rotatable bonds is 5. The lowest BCUT2D eigenvalue weighted by molar-refractivity contribution is -0.136. The molecule has 1 aliphatic rings. The summed E-state index contributed by atoms with van der Waals surface area (Å²) in [6.07, 6.45) is 0. The number of allylic oxidation sites excluding steroid dienone is 1. The van der Waals surface area contributed by atoms with E-state index in [1.54, 1.807) is 6.92 Å². The SMILES string of the molecule is COC(=O)C1=C(C)NC(=S)N[C@H]1c1ccc(OCc2ccc(Cl)cc2)cc1. The summed E-state index contributed by atoms with van der Waals surface area (Å²) in [7, 11) is 1.36. The monoisotopic (exact) mass is 402 g/mol. The molecule has 0 aliphatic carbocycles. The van der Waals surface area contributed by atoms with Crippen molar-refractivity contribution in [3.05, 3.63) is 76.0 Å². The Bertz CT molecular complexity index is 879. The molecule has 1 aliphatic heterocycles. The normalized spacial score (nSPS) is 16.4. The Morgan fingerprint density at radius 3 is 2.44 bits per heavy atom. The van der Waals surface area contributed by atoms with Crippen molar-refractivity contribution < 1.29 is 14.3 Å². The molecule has 27 heavy (non-hydrogen) atoms. The molecule has 5 nitrogen and oxygen atoms in total. The van der Waals surface area contributed by atoms with Crippen molar-refractivity contribution in [1.29, 1.82) is 0 Å². The Morgan fingerprint density at radius 2 is 1.81 bits per heavy atom. The first kappa shape index (κ1) is 19.2. The van der Waals surface area contributed by atoms with Crippen LogP contribution >= 0.6 is 23.8 Å². The van der Waals surface area contributed by atoms with Crippen LogP contribution in [0.1, 0.15) is 24.1 Å². The number of esters is 1. The van der Waals surface area contributed by atoms with Gasteiger partial charge in [0.15, 0.2) is 5.11 Å². The minimum atomic E-state index is -0.400. The minimum absolute atomic E-state index is 0.378. The van der Waals surface area contributed by atoms with Gasteiger partial charge in [-0.1, -0.05) is 35.9 Å². The van der Waals surface area contributed by atoms with Gasteiger partial charge >= 0.3 is 5.97 Å². The molecule has 0 unspecified atom stereocenters. The molecule has 1 atom stereocenters. The van der Waals surface area contributed by atoms with Crippen molar-refractivity contribution in [2.45, 2.75) is 19.6 Å². The molecule has 1 heterocycles. The number of halogens is 1. The second-order valence-electron chi connectivity index (χ2n) is 6.05. The fourth-order valence-corrected chi connectivity index (χ4v) is 3.23. The average molecular weight is 403 g/mol. The summed E-state index contributed by atoms with van der Waals surface area (Å²) in [6, 6.07) is 14.7. The van der Waals surface area contributed by atoms with Crippen molar-refractivity contribution in [3.8, 4) is 5.75 Å². The molecule has 3 rings (SSSR count). The van der Waals surface area contributed by atoms with Crippen LogP contribution in [0.25, 0.3) is 0 Å². The molecular formula is C20H19ClN2O3S. The van der Waals surface area contributed by atoms with Gasteiger partial charge in [0.1, 0.15) is 12.4 Å². The number of benzene rings is 2. The molecule has 0 spiro atoms. The van der Waals surface area contributed by atoms with Crippen LogP contribution in [0.3, 0.4) is 0 Å². The van der Waals surface area contributed by atoms with Crippen LogP contribution < -0.4 is 15.4 Å². The molecule has 0 amide bonds. The average Bonchev–Trinajstić information content (AvgIpc) is 2.67. The molecule has 7 heteroatoms. The maximum atomic E-state index is 12.2. The summed E-state index contributed by atoms with van der Waals surface area (Å²) in [6.45, 7) is 2.24. The van der Waals surface area contributed by atoms with Crippen molar-refractivity contribution >= 4 is 34.9 Å². The quantitative estimate of drug-likeness (QED) is 0.584. The summed E-state index contributed by atoms with van der Waals surface area (Å²) in [5.74, 6) is 0.327. The molecule has 0 radical (unpaired) electrons. The number of methoxy groups -OCH3 is 1. The Kier molecular flexibility index (Phi) is 5.98. The zero-order valence-corrected chi connectivity index (χ0v) is 16.5. The molecule has 2 aromatic rings. The number of carbonyl (C=O) groups is 1. The number of ether oxygens (including phenoxy) is 2. The molecule has 0 aromatic heterocycles. The van der Waals surface area contributed by atoms with Crippen molar-refractivity contribution in [1.82, 2.24) is 10.6 Å². The minimum Gasteiger partial charge on any atom is -0.489 e. The molecule has 0 bridgehead atoms. The number of hydrogen-bond acceptors (Lipinski definition) is 4. The highest BCUT2D eigenvalue weighted by atomic mass is 35.5. The van der Waals surface area contributed by atoms with Gasteiger partial charge < -0.3 is 20.1 Å². The standard InChI is InChI=1S/C20H19ClN2O3S/c1-12-17(19(24)25-2)18(23-20(27)22-12)14-5-9-16(10-6-14)26-11-13-3-7-15(21)8-4-13/h3-10,18H,11H2,1-2H3,(H2,22,23,27)/t18-/m0/s1. The van der Waals surface area contributed by atoms with Crippen molar-refractivity contribution in [2.75, 3.05) is 7.11 Å². The van der Waals surface area contributed by atoms with Gasteiger partial charge in [-0.15, -0.1) is 0 Å².